The normalized spacial score (nSPS) is 15.0. The summed E-state index contributed by atoms with van der Waals surface area (Å²) in [7, 11) is 0. The predicted octanol–water partition coefficient (Wildman–Crippen LogP) is 4.06. The van der Waals surface area contributed by atoms with E-state index in [0.29, 0.717) is 30.5 Å². The highest BCUT2D eigenvalue weighted by Crippen LogP contribution is 2.35. The van der Waals surface area contributed by atoms with Crippen molar-refractivity contribution in [3.05, 3.63) is 41.6 Å². The van der Waals surface area contributed by atoms with Gasteiger partial charge in [0, 0.05) is 49.6 Å². The van der Waals surface area contributed by atoms with Gasteiger partial charge in [-0.25, -0.2) is 9.97 Å². The van der Waals surface area contributed by atoms with Gasteiger partial charge < -0.3 is 14.7 Å². The van der Waals surface area contributed by atoms with E-state index in [1.165, 1.54) is 0 Å². The molecule has 1 aliphatic heterocycles. The molecule has 3 aromatic rings. The lowest BCUT2D eigenvalue weighted by molar-refractivity contribution is 0.0697. The van der Waals surface area contributed by atoms with Crippen molar-refractivity contribution in [3.8, 4) is 11.3 Å². The molecule has 0 atom stereocenters. The summed E-state index contributed by atoms with van der Waals surface area (Å²) in [5, 5.41) is 11.6. The molecule has 1 N–H and O–H groups in total. The van der Waals surface area contributed by atoms with Gasteiger partial charge in [-0.05, 0) is 53.5 Å². The van der Waals surface area contributed by atoms with Crippen LogP contribution in [0.25, 0.3) is 11.3 Å². The number of piperidine rings is 1. The van der Waals surface area contributed by atoms with Gasteiger partial charge in [-0.1, -0.05) is 5.16 Å². The number of hydrogen-bond acceptors (Lipinski definition) is 7. The molecule has 0 saturated carbocycles. The fraction of sp³-hybridized carbons (Fsp3) is 0.522. The van der Waals surface area contributed by atoms with Crippen molar-refractivity contribution in [2.45, 2.75) is 65.5 Å². The number of rotatable bonds is 6. The zero-order valence-electron chi connectivity index (χ0n) is 19.4. The van der Waals surface area contributed by atoms with Crippen molar-refractivity contribution >= 4 is 11.9 Å². The van der Waals surface area contributed by atoms with Crippen molar-refractivity contribution in [2.75, 3.05) is 18.4 Å². The minimum atomic E-state index is 0.0329. The number of carbonyl (C=O) groups excluding carboxylic acids is 1. The van der Waals surface area contributed by atoms with Gasteiger partial charge in [-0.15, -0.1) is 0 Å². The molecular formula is C23H31N7O2. The summed E-state index contributed by atoms with van der Waals surface area (Å²) in [6.45, 7) is 11.4. The highest BCUT2D eigenvalue weighted by Gasteiger charge is 2.30. The summed E-state index contributed by atoms with van der Waals surface area (Å²) >= 11 is 0. The molecule has 1 saturated heterocycles. The zero-order valence-corrected chi connectivity index (χ0v) is 19.4. The average molecular weight is 438 g/mol. The monoisotopic (exact) mass is 437 g/mol. The van der Waals surface area contributed by atoms with Gasteiger partial charge in [-0.3, -0.25) is 9.48 Å². The maximum absolute atomic E-state index is 13.1. The van der Waals surface area contributed by atoms with Crippen molar-refractivity contribution in [3.63, 3.8) is 0 Å². The van der Waals surface area contributed by atoms with Crippen LogP contribution in [-0.2, 0) is 0 Å². The van der Waals surface area contributed by atoms with Gasteiger partial charge >= 0.3 is 0 Å². The Balaban J connectivity index is 1.55. The second-order valence-electron chi connectivity index (χ2n) is 8.95. The lowest BCUT2D eigenvalue weighted by Crippen LogP contribution is -2.39. The Morgan fingerprint density at radius 1 is 1.22 bits per heavy atom. The smallest absolute Gasteiger partial charge is 0.272 e. The Morgan fingerprint density at radius 2 is 1.97 bits per heavy atom. The first-order valence-electron chi connectivity index (χ1n) is 11.2. The molecule has 0 aromatic carbocycles. The van der Waals surface area contributed by atoms with E-state index in [4.69, 9.17) is 9.51 Å². The number of likely N-dealkylation sites (tertiary alicyclic amines) is 1. The van der Waals surface area contributed by atoms with E-state index in [1.807, 2.05) is 37.9 Å². The van der Waals surface area contributed by atoms with Gasteiger partial charge in [0.2, 0.25) is 5.95 Å². The fourth-order valence-corrected chi connectivity index (χ4v) is 4.13. The molecule has 1 fully saturated rings. The first kappa shape index (κ1) is 22.0. The molecule has 4 rings (SSSR count). The number of aromatic nitrogens is 5. The number of hydrogen-bond donors (Lipinski definition) is 1. The summed E-state index contributed by atoms with van der Waals surface area (Å²) in [4.78, 5) is 24.3. The summed E-state index contributed by atoms with van der Waals surface area (Å²) in [5.74, 6) is 1.51. The standard InChI is InChI=1S/C23H31N7O2/c1-14(2)26-23-24-13-18(20-12-16(5)28-32-20)21(27-23)17-7-10-29(11-8-17)22(31)19-6-9-25-30(19)15(3)4/h6,9,12-15,17H,7-8,10-11H2,1-5H3,(H,24,26,27). The van der Waals surface area contributed by atoms with Gasteiger partial charge in [0.1, 0.15) is 5.69 Å². The van der Waals surface area contributed by atoms with Crippen LogP contribution in [-0.4, -0.2) is 54.8 Å². The first-order chi connectivity index (χ1) is 15.3. The number of amides is 1. The van der Waals surface area contributed by atoms with E-state index in [-0.39, 0.29) is 23.9 Å². The minimum absolute atomic E-state index is 0.0329. The Bertz CT molecular complexity index is 1080. The third-order valence-electron chi connectivity index (χ3n) is 5.68. The van der Waals surface area contributed by atoms with Crippen LogP contribution in [0.4, 0.5) is 5.95 Å². The number of aryl methyl sites for hydroxylation is 1. The predicted molar refractivity (Wildman–Crippen MR) is 122 cm³/mol. The molecule has 32 heavy (non-hydrogen) atoms. The second kappa shape index (κ2) is 9.10. The van der Waals surface area contributed by atoms with Gasteiger partial charge in [0.25, 0.3) is 5.91 Å². The van der Waals surface area contributed by atoms with E-state index >= 15 is 0 Å². The molecule has 3 aromatic heterocycles. The Labute approximate surface area is 188 Å². The van der Waals surface area contributed by atoms with Crippen LogP contribution in [0, 0.1) is 6.92 Å². The Morgan fingerprint density at radius 3 is 2.59 bits per heavy atom. The van der Waals surface area contributed by atoms with Crippen molar-refractivity contribution in [1.82, 2.24) is 29.8 Å². The van der Waals surface area contributed by atoms with Gasteiger partial charge in [0.05, 0.1) is 17.0 Å². The second-order valence-corrected chi connectivity index (χ2v) is 8.95. The highest BCUT2D eigenvalue weighted by atomic mass is 16.5. The third kappa shape index (κ3) is 4.51. The van der Waals surface area contributed by atoms with Gasteiger partial charge in [0.15, 0.2) is 5.76 Å². The van der Waals surface area contributed by atoms with Crippen LogP contribution in [0.3, 0.4) is 0 Å². The molecule has 4 heterocycles. The summed E-state index contributed by atoms with van der Waals surface area (Å²) in [5.41, 5.74) is 3.26. The van der Waals surface area contributed by atoms with Crippen molar-refractivity contribution in [2.24, 2.45) is 0 Å². The molecule has 0 bridgehead atoms. The van der Waals surface area contributed by atoms with E-state index in [2.05, 4.69) is 34.4 Å². The number of anilines is 1. The van der Waals surface area contributed by atoms with Crippen LogP contribution >= 0.6 is 0 Å². The SMILES string of the molecule is Cc1cc(-c2cnc(NC(C)C)nc2C2CCN(C(=O)c3ccnn3C(C)C)CC2)on1. The lowest BCUT2D eigenvalue weighted by atomic mass is 9.90. The molecule has 170 valence electrons. The van der Waals surface area contributed by atoms with Crippen LogP contribution in [0.1, 0.15) is 74.4 Å². The lowest BCUT2D eigenvalue weighted by Gasteiger charge is -2.32. The molecular weight excluding hydrogens is 406 g/mol. The quantitative estimate of drug-likeness (QED) is 0.620. The topological polar surface area (TPSA) is 102 Å². The van der Waals surface area contributed by atoms with Crippen LogP contribution in [0.15, 0.2) is 29.0 Å². The maximum Gasteiger partial charge on any atom is 0.272 e. The summed E-state index contributed by atoms with van der Waals surface area (Å²) in [6, 6.07) is 4.07. The Hall–Kier alpha value is -3.23. The van der Waals surface area contributed by atoms with Crippen molar-refractivity contribution < 1.29 is 9.32 Å². The van der Waals surface area contributed by atoms with Crippen molar-refractivity contribution in [1.29, 1.82) is 0 Å². The minimum Gasteiger partial charge on any atom is -0.356 e. The average Bonchev–Trinajstić information content (AvgIpc) is 3.42. The zero-order chi connectivity index (χ0) is 22.8. The van der Waals surface area contributed by atoms with E-state index in [1.54, 1.807) is 16.9 Å². The molecule has 0 unspecified atom stereocenters. The molecule has 0 radical (unpaired) electrons. The first-order valence-corrected chi connectivity index (χ1v) is 11.2. The largest absolute Gasteiger partial charge is 0.356 e. The summed E-state index contributed by atoms with van der Waals surface area (Å²) < 4.78 is 7.31. The molecule has 9 nitrogen and oxygen atoms in total. The van der Waals surface area contributed by atoms with E-state index in [0.717, 1.165) is 29.8 Å². The van der Waals surface area contributed by atoms with Crippen LogP contribution < -0.4 is 5.32 Å². The third-order valence-corrected chi connectivity index (χ3v) is 5.68. The van der Waals surface area contributed by atoms with Crippen LogP contribution in [0.5, 0.6) is 0 Å². The highest BCUT2D eigenvalue weighted by molar-refractivity contribution is 5.92. The Kier molecular flexibility index (Phi) is 6.25. The van der Waals surface area contributed by atoms with Gasteiger partial charge in [-0.2, -0.15) is 5.10 Å². The molecule has 9 heteroatoms. The summed E-state index contributed by atoms with van der Waals surface area (Å²) in [6.07, 6.45) is 5.14. The van der Waals surface area contributed by atoms with E-state index < -0.39 is 0 Å². The maximum atomic E-state index is 13.1. The molecule has 0 aliphatic carbocycles. The molecule has 1 amide bonds. The fourth-order valence-electron chi connectivity index (χ4n) is 4.13. The molecule has 0 spiro atoms. The van der Waals surface area contributed by atoms with E-state index in [9.17, 15) is 4.79 Å². The van der Waals surface area contributed by atoms with Crippen LogP contribution in [0.2, 0.25) is 0 Å². The number of carbonyl (C=O) groups is 1. The number of nitrogens with zero attached hydrogens (tertiary/aromatic N) is 6. The number of nitrogens with one attached hydrogen (secondary N) is 1. The molecule has 1 aliphatic rings.